The summed E-state index contributed by atoms with van der Waals surface area (Å²) in [6, 6.07) is 2.09. The predicted octanol–water partition coefficient (Wildman–Crippen LogP) is 2.45. The summed E-state index contributed by atoms with van der Waals surface area (Å²) in [5.74, 6) is 0.703. The SMILES string of the molecule is Cc1csc(-c2cc(C[C@@H]3CCCNC3)ncn2)n1. The summed E-state index contributed by atoms with van der Waals surface area (Å²) in [4.78, 5) is 13.2. The van der Waals surface area contributed by atoms with E-state index in [2.05, 4.69) is 31.7 Å². The molecule has 100 valence electrons. The van der Waals surface area contributed by atoms with Gasteiger partial charge < -0.3 is 5.32 Å². The Morgan fingerprint density at radius 2 is 2.37 bits per heavy atom. The molecule has 0 radical (unpaired) electrons. The molecule has 3 heterocycles. The molecule has 0 spiro atoms. The third-order valence-corrected chi connectivity index (χ3v) is 4.44. The fourth-order valence-corrected chi connectivity index (χ4v) is 3.26. The molecule has 1 aliphatic rings. The van der Waals surface area contributed by atoms with Gasteiger partial charge in [0.15, 0.2) is 0 Å². The number of hydrogen-bond acceptors (Lipinski definition) is 5. The van der Waals surface area contributed by atoms with E-state index in [0.717, 1.165) is 41.6 Å². The molecule has 1 aliphatic heterocycles. The molecule has 5 heteroatoms. The summed E-state index contributed by atoms with van der Waals surface area (Å²) in [5.41, 5.74) is 3.13. The number of nitrogens with one attached hydrogen (secondary N) is 1. The largest absolute Gasteiger partial charge is 0.316 e. The van der Waals surface area contributed by atoms with Crippen molar-refractivity contribution in [3.63, 3.8) is 0 Å². The average molecular weight is 274 g/mol. The first-order chi connectivity index (χ1) is 9.31. The normalized spacial score (nSPS) is 19.5. The van der Waals surface area contributed by atoms with E-state index >= 15 is 0 Å². The van der Waals surface area contributed by atoms with Gasteiger partial charge in [-0.15, -0.1) is 11.3 Å². The first-order valence-corrected chi connectivity index (χ1v) is 7.63. The van der Waals surface area contributed by atoms with E-state index in [9.17, 15) is 0 Å². The second-order valence-electron chi connectivity index (χ2n) is 5.11. The minimum atomic E-state index is 0.703. The van der Waals surface area contributed by atoms with Crippen molar-refractivity contribution in [2.45, 2.75) is 26.2 Å². The fraction of sp³-hybridized carbons (Fsp3) is 0.500. The van der Waals surface area contributed by atoms with Crippen molar-refractivity contribution in [3.8, 4) is 10.7 Å². The van der Waals surface area contributed by atoms with E-state index in [1.165, 1.54) is 12.8 Å². The minimum absolute atomic E-state index is 0.703. The average Bonchev–Trinajstić information content (AvgIpc) is 2.87. The van der Waals surface area contributed by atoms with Gasteiger partial charge in [0.1, 0.15) is 17.0 Å². The van der Waals surface area contributed by atoms with Crippen LogP contribution in [0.1, 0.15) is 24.2 Å². The molecular weight excluding hydrogens is 256 g/mol. The molecule has 2 aromatic rings. The van der Waals surface area contributed by atoms with Crippen LogP contribution in [0.3, 0.4) is 0 Å². The zero-order valence-corrected chi connectivity index (χ0v) is 11.9. The van der Waals surface area contributed by atoms with Gasteiger partial charge >= 0.3 is 0 Å². The van der Waals surface area contributed by atoms with E-state index in [1.807, 2.05) is 6.92 Å². The number of nitrogens with zero attached hydrogens (tertiary/aromatic N) is 3. The Hall–Kier alpha value is -1.33. The molecule has 0 saturated carbocycles. The summed E-state index contributed by atoms with van der Waals surface area (Å²) in [6.07, 6.45) is 5.27. The van der Waals surface area contributed by atoms with Crippen LogP contribution in [0.2, 0.25) is 0 Å². The first kappa shape index (κ1) is 12.7. The molecule has 0 amide bonds. The van der Waals surface area contributed by atoms with Crippen LogP contribution in [-0.2, 0) is 6.42 Å². The zero-order chi connectivity index (χ0) is 13.1. The summed E-state index contributed by atoms with van der Waals surface area (Å²) in [6.45, 7) is 4.27. The Morgan fingerprint density at radius 1 is 1.42 bits per heavy atom. The lowest BCUT2D eigenvalue weighted by molar-refractivity contribution is 0.373. The quantitative estimate of drug-likeness (QED) is 0.934. The second kappa shape index (κ2) is 5.75. The second-order valence-corrected chi connectivity index (χ2v) is 5.96. The maximum absolute atomic E-state index is 4.48. The van der Waals surface area contributed by atoms with Gasteiger partial charge in [-0.25, -0.2) is 15.0 Å². The molecule has 1 atom stereocenters. The highest BCUT2D eigenvalue weighted by molar-refractivity contribution is 7.13. The maximum Gasteiger partial charge on any atom is 0.142 e. The lowest BCUT2D eigenvalue weighted by atomic mass is 9.94. The van der Waals surface area contributed by atoms with Gasteiger partial charge in [0.2, 0.25) is 0 Å². The number of thiazole rings is 1. The van der Waals surface area contributed by atoms with E-state index in [4.69, 9.17) is 0 Å². The molecule has 1 fully saturated rings. The lowest BCUT2D eigenvalue weighted by Crippen LogP contribution is -2.31. The highest BCUT2D eigenvalue weighted by Gasteiger charge is 2.15. The number of aryl methyl sites for hydroxylation is 1. The number of piperidine rings is 1. The van der Waals surface area contributed by atoms with Gasteiger partial charge in [-0.3, -0.25) is 0 Å². The predicted molar refractivity (Wildman–Crippen MR) is 77.2 cm³/mol. The monoisotopic (exact) mass is 274 g/mol. The van der Waals surface area contributed by atoms with Gasteiger partial charge in [-0.05, 0) is 51.3 Å². The van der Waals surface area contributed by atoms with Crippen LogP contribution in [0.5, 0.6) is 0 Å². The number of rotatable bonds is 3. The van der Waals surface area contributed by atoms with Gasteiger partial charge in [-0.2, -0.15) is 0 Å². The summed E-state index contributed by atoms with van der Waals surface area (Å²) in [5, 5.41) is 6.50. The molecule has 3 rings (SSSR count). The van der Waals surface area contributed by atoms with Crippen molar-refractivity contribution in [1.82, 2.24) is 20.3 Å². The summed E-state index contributed by atoms with van der Waals surface area (Å²) in [7, 11) is 0. The topological polar surface area (TPSA) is 50.7 Å². The molecule has 0 unspecified atom stereocenters. The minimum Gasteiger partial charge on any atom is -0.316 e. The Kier molecular flexibility index (Phi) is 3.84. The third-order valence-electron chi connectivity index (χ3n) is 3.46. The number of hydrogen-bond donors (Lipinski definition) is 1. The van der Waals surface area contributed by atoms with Crippen molar-refractivity contribution in [1.29, 1.82) is 0 Å². The number of aromatic nitrogens is 3. The first-order valence-electron chi connectivity index (χ1n) is 6.75. The van der Waals surface area contributed by atoms with E-state index in [1.54, 1.807) is 17.7 Å². The standard InChI is InChI=1S/C14H18N4S/c1-10-8-19-14(18-10)13-6-12(16-9-17-13)5-11-3-2-4-15-7-11/h6,8-9,11,15H,2-5,7H2,1H3/t11-/m0/s1. The Balaban J connectivity index is 1.75. The molecule has 4 nitrogen and oxygen atoms in total. The molecule has 19 heavy (non-hydrogen) atoms. The lowest BCUT2D eigenvalue weighted by Gasteiger charge is -2.22. The maximum atomic E-state index is 4.48. The molecule has 0 aliphatic carbocycles. The Morgan fingerprint density at radius 3 is 3.11 bits per heavy atom. The van der Waals surface area contributed by atoms with Gasteiger partial charge in [-0.1, -0.05) is 0 Å². The van der Waals surface area contributed by atoms with Crippen molar-refractivity contribution >= 4 is 11.3 Å². The van der Waals surface area contributed by atoms with Gasteiger partial charge in [0, 0.05) is 16.8 Å². The Labute approximate surface area is 117 Å². The molecule has 0 bridgehead atoms. The van der Waals surface area contributed by atoms with Crippen LogP contribution in [0.25, 0.3) is 10.7 Å². The molecule has 1 saturated heterocycles. The van der Waals surface area contributed by atoms with Crippen LogP contribution in [0, 0.1) is 12.8 Å². The fourth-order valence-electron chi connectivity index (χ4n) is 2.49. The van der Waals surface area contributed by atoms with Crippen molar-refractivity contribution in [3.05, 3.63) is 29.2 Å². The summed E-state index contributed by atoms with van der Waals surface area (Å²) < 4.78 is 0. The van der Waals surface area contributed by atoms with E-state index < -0.39 is 0 Å². The Bertz CT molecular complexity index is 546. The molecule has 0 aromatic carbocycles. The summed E-state index contributed by atoms with van der Waals surface area (Å²) >= 11 is 1.64. The highest BCUT2D eigenvalue weighted by Crippen LogP contribution is 2.23. The molecular formula is C14H18N4S. The van der Waals surface area contributed by atoms with E-state index in [-0.39, 0.29) is 0 Å². The molecule has 2 aromatic heterocycles. The van der Waals surface area contributed by atoms with Crippen LogP contribution in [0.4, 0.5) is 0 Å². The van der Waals surface area contributed by atoms with Crippen LogP contribution in [-0.4, -0.2) is 28.0 Å². The van der Waals surface area contributed by atoms with Gasteiger partial charge in [0.25, 0.3) is 0 Å². The van der Waals surface area contributed by atoms with Gasteiger partial charge in [0.05, 0.1) is 0 Å². The third kappa shape index (κ3) is 3.16. The van der Waals surface area contributed by atoms with Crippen molar-refractivity contribution in [2.75, 3.05) is 13.1 Å². The van der Waals surface area contributed by atoms with Crippen LogP contribution in [0.15, 0.2) is 17.8 Å². The van der Waals surface area contributed by atoms with Crippen molar-refractivity contribution in [2.24, 2.45) is 5.92 Å². The van der Waals surface area contributed by atoms with Crippen molar-refractivity contribution < 1.29 is 0 Å². The highest BCUT2D eigenvalue weighted by atomic mass is 32.1. The smallest absolute Gasteiger partial charge is 0.142 e. The van der Waals surface area contributed by atoms with Crippen LogP contribution < -0.4 is 5.32 Å². The zero-order valence-electron chi connectivity index (χ0n) is 11.1. The van der Waals surface area contributed by atoms with E-state index in [0.29, 0.717) is 5.92 Å². The molecule has 1 N–H and O–H groups in total. The van der Waals surface area contributed by atoms with Crippen LogP contribution >= 0.6 is 11.3 Å².